The second-order valence-corrected chi connectivity index (χ2v) is 6.17. The standard InChI is InChI=1S/C20H24N2O2/c23-20(19-12-7-15-24-19)22(16-18-11-4-5-13-21-18)14-6-10-17-8-2-1-3-9-17/h1-5,8-9,11,13,19H,6-7,10,12,14-16H2/t19-/m0/s1. The van der Waals surface area contributed by atoms with E-state index in [2.05, 4.69) is 29.2 Å². The molecule has 1 saturated heterocycles. The van der Waals surface area contributed by atoms with Crippen molar-refractivity contribution in [3.63, 3.8) is 0 Å². The number of hydrogen-bond donors (Lipinski definition) is 0. The topological polar surface area (TPSA) is 42.4 Å². The average Bonchev–Trinajstić information content (AvgIpc) is 3.17. The van der Waals surface area contributed by atoms with E-state index in [1.165, 1.54) is 5.56 Å². The number of hydrogen-bond acceptors (Lipinski definition) is 3. The molecule has 1 aliphatic heterocycles. The van der Waals surface area contributed by atoms with Gasteiger partial charge >= 0.3 is 0 Å². The summed E-state index contributed by atoms with van der Waals surface area (Å²) < 4.78 is 5.59. The van der Waals surface area contributed by atoms with Crippen molar-refractivity contribution < 1.29 is 9.53 Å². The van der Waals surface area contributed by atoms with E-state index in [0.717, 1.165) is 37.9 Å². The Morgan fingerprint density at radius 3 is 2.71 bits per heavy atom. The van der Waals surface area contributed by atoms with Crippen molar-refractivity contribution in [2.45, 2.75) is 38.3 Å². The third kappa shape index (κ3) is 4.65. The number of ether oxygens (including phenoxy) is 1. The molecule has 0 saturated carbocycles. The lowest BCUT2D eigenvalue weighted by atomic mass is 10.1. The van der Waals surface area contributed by atoms with E-state index >= 15 is 0 Å². The maximum atomic E-state index is 12.8. The monoisotopic (exact) mass is 324 g/mol. The maximum absolute atomic E-state index is 12.8. The van der Waals surface area contributed by atoms with Crippen LogP contribution in [0.1, 0.15) is 30.5 Å². The highest BCUT2D eigenvalue weighted by Gasteiger charge is 2.28. The van der Waals surface area contributed by atoms with Gasteiger partial charge in [-0.05, 0) is 43.4 Å². The Labute approximate surface area is 143 Å². The normalized spacial score (nSPS) is 16.9. The van der Waals surface area contributed by atoms with Crippen LogP contribution in [-0.2, 0) is 22.5 Å². The molecular weight excluding hydrogens is 300 g/mol. The Bertz CT molecular complexity index is 625. The smallest absolute Gasteiger partial charge is 0.252 e. The van der Waals surface area contributed by atoms with Crippen LogP contribution < -0.4 is 0 Å². The average molecular weight is 324 g/mol. The zero-order chi connectivity index (χ0) is 16.6. The first-order chi connectivity index (χ1) is 11.8. The molecule has 24 heavy (non-hydrogen) atoms. The molecule has 2 aromatic rings. The third-order valence-corrected chi connectivity index (χ3v) is 4.33. The van der Waals surface area contributed by atoms with Crippen molar-refractivity contribution in [3.05, 3.63) is 66.0 Å². The molecule has 4 nitrogen and oxygen atoms in total. The number of nitrogens with zero attached hydrogens (tertiary/aromatic N) is 2. The highest BCUT2D eigenvalue weighted by molar-refractivity contribution is 5.81. The number of carbonyl (C=O) groups excluding carboxylic acids is 1. The summed E-state index contributed by atoms with van der Waals surface area (Å²) in [4.78, 5) is 19.0. The molecule has 1 aromatic carbocycles. The van der Waals surface area contributed by atoms with Crippen LogP contribution in [0.25, 0.3) is 0 Å². The minimum atomic E-state index is -0.273. The van der Waals surface area contributed by atoms with Gasteiger partial charge in [-0.25, -0.2) is 0 Å². The first-order valence-electron chi connectivity index (χ1n) is 8.67. The van der Waals surface area contributed by atoms with Crippen molar-refractivity contribution >= 4 is 5.91 Å². The van der Waals surface area contributed by atoms with Gasteiger partial charge in [-0.15, -0.1) is 0 Å². The van der Waals surface area contributed by atoms with Crippen molar-refractivity contribution in [2.24, 2.45) is 0 Å². The predicted octanol–water partition coefficient (Wildman–Crippen LogP) is 3.22. The van der Waals surface area contributed by atoms with E-state index in [4.69, 9.17) is 4.74 Å². The lowest BCUT2D eigenvalue weighted by Gasteiger charge is -2.25. The van der Waals surface area contributed by atoms with E-state index in [1.54, 1.807) is 6.20 Å². The van der Waals surface area contributed by atoms with Crippen LogP contribution in [0, 0.1) is 0 Å². The number of carbonyl (C=O) groups is 1. The minimum absolute atomic E-state index is 0.103. The van der Waals surface area contributed by atoms with Crippen molar-refractivity contribution in [3.8, 4) is 0 Å². The number of aromatic nitrogens is 1. The van der Waals surface area contributed by atoms with Crippen molar-refractivity contribution in [1.82, 2.24) is 9.88 Å². The van der Waals surface area contributed by atoms with Gasteiger partial charge in [0.15, 0.2) is 0 Å². The molecule has 0 spiro atoms. The predicted molar refractivity (Wildman–Crippen MR) is 93.4 cm³/mol. The Balaban J connectivity index is 1.61. The van der Waals surface area contributed by atoms with Crippen LogP contribution in [-0.4, -0.2) is 35.0 Å². The fourth-order valence-electron chi connectivity index (χ4n) is 3.05. The lowest BCUT2D eigenvalue weighted by Crippen LogP contribution is -2.39. The molecule has 0 radical (unpaired) electrons. The zero-order valence-electron chi connectivity index (χ0n) is 13.9. The van der Waals surface area contributed by atoms with E-state index in [0.29, 0.717) is 13.2 Å². The van der Waals surface area contributed by atoms with Gasteiger partial charge in [0.05, 0.1) is 12.2 Å². The lowest BCUT2D eigenvalue weighted by molar-refractivity contribution is -0.141. The number of rotatable bonds is 7. The number of pyridine rings is 1. The summed E-state index contributed by atoms with van der Waals surface area (Å²) in [6.45, 7) is 1.97. The molecule has 0 bridgehead atoms. The maximum Gasteiger partial charge on any atom is 0.252 e. The molecule has 4 heteroatoms. The highest BCUT2D eigenvalue weighted by Crippen LogP contribution is 2.17. The van der Waals surface area contributed by atoms with Gasteiger partial charge in [0.1, 0.15) is 6.10 Å². The van der Waals surface area contributed by atoms with Gasteiger partial charge in [0.2, 0.25) is 0 Å². The molecular formula is C20H24N2O2. The number of amides is 1. The molecule has 1 amide bonds. The van der Waals surface area contributed by atoms with Gasteiger partial charge in [0, 0.05) is 19.3 Å². The Morgan fingerprint density at radius 1 is 1.17 bits per heavy atom. The summed E-state index contributed by atoms with van der Waals surface area (Å²) in [5, 5.41) is 0. The molecule has 2 heterocycles. The molecule has 1 fully saturated rings. The van der Waals surface area contributed by atoms with E-state index in [1.807, 2.05) is 29.2 Å². The summed E-state index contributed by atoms with van der Waals surface area (Å²) in [6, 6.07) is 16.2. The van der Waals surface area contributed by atoms with Crippen LogP contribution >= 0.6 is 0 Å². The second kappa shape index (κ2) is 8.60. The first-order valence-corrected chi connectivity index (χ1v) is 8.67. The van der Waals surface area contributed by atoms with Crippen molar-refractivity contribution in [2.75, 3.05) is 13.2 Å². The summed E-state index contributed by atoms with van der Waals surface area (Å²) in [6.07, 6.45) is 5.21. The molecule has 126 valence electrons. The van der Waals surface area contributed by atoms with E-state index in [-0.39, 0.29) is 12.0 Å². The fraction of sp³-hybridized carbons (Fsp3) is 0.400. The Hall–Kier alpha value is -2.20. The summed E-state index contributed by atoms with van der Waals surface area (Å²) >= 11 is 0. The SMILES string of the molecule is O=C([C@@H]1CCCO1)N(CCCc1ccccc1)Cc1ccccn1. The Kier molecular flexibility index (Phi) is 5.96. The molecule has 3 rings (SSSR count). The minimum Gasteiger partial charge on any atom is -0.368 e. The molecule has 0 unspecified atom stereocenters. The van der Waals surface area contributed by atoms with Gasteiger partial charge in [0.25, 0.3) is 5.91 Å². The van der Waals surface area contributed by atoms with Gasteiger partial charge in [-0.1, -0.05) is 36.4 Å². The van der Waals surface area contributed by atoms with E-state index in [9.17, 15) is 4.79 Å². The van der Waals surface area contributed by atoms with Crippen LogP contribution in [0.2, 0.25) is 0 Å². The van der Waals surface area contributed by atoms with Crippen LogP contribution in [0.5, 0.6) is 0 Å². The summed E-state index contributed by atoms with van der Waals surface area (Å²) in [5.41, 5.74) is 2.23. The number of benzene rings is 1. The van der Waals surface area contributed by atoms with E-state index < -0.39 is 0 Å². The second-order valence-electron chi connectivity index (χ2n) is 6.17. The van der Waals surface area contributed by atoms with Gasteiger partial charge in [-0.2, -0.15) is 0 Å². The largest absolute Gasteiger partial charge is 0.368 e. The molecule has 0 N–H and O–H groups in total. The first kappa shape index (κ1) is 16.7. The molecule has 1 atom stereocenters. The highest BCUT2D eigenvalue weighted by atomic mass is 16.5. The Morgan fingerprint density at radius 2 is 2.00 bits per heavy atom. The van der Waals surface area contributed by atoms with Crippen LogP contribution in [0.15, 0.2) is 54.7 Å². The van der Waals surface area contributed by atoms with Gasteiger partial charge in [-0.3, -0.25) is 9.78 Å². The van der Waals surface area contributed by atoms with Crippen LogP contribution in [0.3, 0.4) is 0 Å². The number of aryl methyl sites for hydroxylation is 1. The van der Waals surface area contributed by atoms with Gasteiger partial charge < -0.3 is 9.64 Å². The van der Waals surface area contributed by atoms with Crippen molar-refractivity contribution in [1.29, 1.82) is 0 Å². The fourth-order valence-corrected chi connectivity index (χ4v) is 3.05. The zero-order valence-corrected chi connectivity index (χ0v) is 13.9. The quantitative estimate of drug-likeness (QED) is 0.785. The van der Waals surface area contributed by atoms with Crippen LogP contribution in [0.4, 0.5) is 0 Å². The summed E-state index contributed by atoms with van der Waals surface area (Å²) in [7, 11) is 0. The summed E-state index contributed by atoms with van der Waals surface area (Å²) in [5.74, 6) is 0.103. The molecule has 1 aliphatic rings. The third-order valence-electron chi connectivity index (χ3n) is 4.33. The molecule has 1 aromatic heterocycles. The molecule has 0 aliphatic carbocycles.